The van der Waals surface area contributed by atoms with E-state index >= 15 is 0 Å². The summed E-state index contributed by atoms with van der Waals surface area (Å²) in [5, 5.41) is 12.3. The molecule has 0 atom stereocenters. The van der Waals surface area contributed by atoms with Gasteiger partial charge in [-0.3, -0.25) is 0 Å². The number of hydrogen-bond donors (Lipinski definition) is 2. The molecule has 0 amide bonds. The fraction of sp³-hybridized carbons (Fsp3) is 0.333. The number of ether oxygens (including phenoxy) is 1. The molecule has 1 heterocycles. The van der Waals surface area contributed by atoms with Crippen LogP contribution in [0, 0.1) is 0 Å². The SMILES string of the molecule is COc1cnc(C(=O)O)c(NCc2ccc(C(C)(C)C)cc2)c1. The molecule has 0 spiro atoms. The first-order chi connectivity index (χ1) is 10.8. The third kappa shape index (κ3) is 4.22. The van der Waals surface area contributed by atoms with E-state index in [0.717, 1.165) is 5.56 Å². The predicted octanol–water partition coefficient (Wildman–Crippen LogP) is 3.70. The molecule has 0 fully saturated rings. The minimum Gasteiger partial charge on any atom is -0.495 e. The molecule has 2 N–H and O–H groups in total. The van der Waals surface area contributed by atoms with Crippen LogP contribution >= 0.6 is 0 Å². The second-order valence-corrected chi connectivity index (χ2v) is 6.38. The standard InChI is InChI=1S/C18H22N2O3/c1-18(2,3)13-7-5-12(6-8-13)10-19-15-9-14(23-4)11-20-16(15)17(21)22/h5-9,11,19H,10H2,1-4H3,(H,21,22). The van der Waals surface area contributed by atoms with Crippen molar-refractivity contribution < 1.29 is 14.6 Å². The maximum Gasteiger partial charge on any atom is 0.356 e. The van der Waals surface area contributed by atoms with Crippen LogP contribution in [0.15, 0.2) is 36.5 Å². The van der Waals surface area contributed by atoms with E-state index in [-0.39, 0.29) is 11.1 Å². The predicted molar refractivity (Wildman–Crippen MR) is 90.2 cm³/mol. The molecule has 2 rings (SSSR count). The Kier molecular flexibility index (Phi) is 4.89. The maximum atomic E-state index is 11.2. The zero-order valence-corrected chi connectivity index (χ0v) is 13.9. The van der Waals surface area contributed by atoms with Crippen molar-refractivity contribution in [1.29, 1.82) is 0 Å². The Hall–Kier alpha value is -2.56. The lowest BCUT2D eigenvalue weighted by Crippen LogP contribution is -2.11. The molecular formula is C18H22N2O3. The van der Waals surface area contributed by atoms with E-state index in [1.807, 2.05) is 12.1 Å². The fourth-order valence-electron chi connectivity index (χ4n) is 2.18. The normalized spacial score (nSPS) is 11.1. The number of rotatable bonds is 5. The zero-order chi connectivity index (χ0) is 17.0. The van der Waals surface area contributed by atoms with Crippen LogP contribution in [0.3, 0.4) is 0 Å². The third-order valence-corrected chi connectivity index (χ3v) is 3.60. The number of carboxylic acids is 1. The van der Waals surface area contributed by atoms with Gasteiger partial charge in [-0.2, -0.15) is 0 Å². The molecule has 5 nitrogen and oxygen atoms in total. The minimum atomic E-state index is -1.07. The van der Waals surface area contributed by atoms with Gasteiger partial charge in [-0.15, -0.1) is 0 Å². The van der Waals surface area contributed by atoms with Crippen LogP contribution in [0.1, 0.15) is 42.4 Å². The number of anilines is 1. The van der Waals surface area contributed by atoms with E-state index < -0.39 is 5.97 Å². The van der Waals surface area contributed by atoms with Gasteiger partial charge in [0.2, 0.25) is 0 Å². The molecular weight excluding hydrogens is 292 g/mol. The Morgan fingerprint density at radius 1 is 1.26 bits per heavy atom. The summed E-state index contributed by atoms with van der Waals surface area (Å²) in [7, 11) is 1.52. The Bertz CT molecular complexity index is 688. The van der Waals surface area contributed by atoms with Gasteiger partial charge < -0.3 is 15.2 Å². The number of carbonyl (C=O) groups is 1. The average Bonchev–Trinajstić information content (AvgIpc) is 2.52. The van der Waals surface area contributed by atoms with Crippen LogP contribution in [0.5, 0.6) is 5.75 Å². The monoisotopic (exact) mass is 314 g/mol. The minimum absolute atomic E-state index is 0.0166. The summed E-state index contributed by atoms with van der Waals surface area (Å²) in [4.78, 5) is 15.2. The first-order valence-corrected chi connectivity index (χ1v) is 7.42. The molecule has 23 heavy (non-hydrogen) atoms. The highest BCUT2D eigenvalue weighted by molar-refractivity contribution is 5.92. The van der Waals surface area contributed by atoms with Crippen LogP contribution in [-0.4, -0.2) is 23.2 Å². The van der Waals surface area contributed by atoms with Crippen molar-refractivity contribution in [2.24, 2.45) is 0 Å². The number of aromatic carboxylic acids is 1. The van der Waals surface area contributed by atoms with Crippen molar-refractivity contribution in [2.75, 3.05) is 12.4 Å². The molecule has 0 unspecified atom stereocenters. The largest absolute Gasteiger partial charge is 0.495 e. The fourth-order valence-corrected chi connectivity index (χ4v) is 2.18. The van der Waals surface area contributed by atoms with Gasteiger partial charge in [0.15, 0.2) is 5.69 Å². The van der Waals surface area contributed by atoms with Gasteiger partial charge in [-0.1, -0.05) is 45.0 Å². The summed E-state index contributed by atoms with van der Waals surface area (Å²) >= 11 is 0. The summed E-state index contributed by atoms with van der Waals surface area (Å²) in [5.74, 6) is -0.557. The second kappa shape index (κ2) is 6.69. The van der Waals surface area contributed by atoms with Gasteiger partial charge in [-0.05, 0) is 16.5 Å². The lowest BCUT2D eigenvalue weighted by atomic mass is 9.87. The van der Waals surface area contributed by atoms with Gasteiger partial charge in [0.05, 0.1) is 19.0 Å². The number of nitrogens with zero attached hydrogens (tertiary/aromatic N) is 1. The highest BCUT2D eigenvalue weighted by Gasteiger charge is 2.14. The van der Waals surface area contributed by atoms with Crippen molar-refractivity contribution in [3.05, 3.63) is 53.3 Å². The lowest BCUT2D eigenvalue weighted by Gasteiger charge is -2.19. The molecule has 0 bridgehead atoms. The first-order valence-electron chi connectivity index (χ1n) is 7.42. The van der Waals surface area contributed by atoms with Gasteiger partial charge in [-0.25, -0.2) is 9.78 Å². The quantitative estimate of drug-likeness (QED) is 0.880. The number of aromatic nitrogens is 1. The highest BCUT2D eigenvalue weighted by Crippen LogP contribution is 2.23. The van der Waals surface area contributed by atoms with E-state index in [1.54, 1.807) is 6.07 Å². The highest BCUT2D eigenvalue weighted by atomic mass is 16.5. The molecule has 2 aromatic rings. The first kappa shape index (κ1) is 16.8. The second-order valence-electron chi connectivity index (χ2n) is 6.38. The smallest absolute Gasteiger partial charge is 0.356 e. The molecule has 0 saturated heterocycles. The summed E-state index contributed by atoms with van der Waals surface area (Å²) in [6.07, 6.45) is 1.40. The number of pyridine rings is 1. The summed E-state index contributed by atoms with van der Waals surface area (Å²) in [6.45, 7) is 7.02. The Balaban J connectivity index is 2.15. The number of nitrogens with one attached hydrogen (secondary N) is 1. The van der Waals surface area contributed by atoms with Gasteiger partial charge in [0, 0.05) is 12.6 Å². The van der Waals surface area contributed by atoms with Crippen LogP contribution in [-0.2, 0) is 12.0 Å². The molecule has 1 aromatic carbocycles. The molecule has 0 aliphatic carbocycles. The van der Waals surface area contributed by atoms with Crippen LogP contribution in [0.4, 0.5) is 5.69 Å². The topological polar surface area (TPSA) is 71.5 Å². The summed E-state index contributed by atoms with van der Waals surface area (Å²) in [5.41, 5.74) is 2.86. The van der Waals surface area contributed by atoms with E-state index in [4.69, 9.17) is 4.74 Å². The van der Waals surface area contributed by atoms with E-state index in [2.05, 4.69) is 43.2 Å². The number of methoxy groups -OCH3 is 1. The van der Waals surface area contributed by atoms with Crippen molar-refractivity contribution in [2.45, 2.75) is 32.7 Å². The van der Waals surface area contributed by atoms with Gasteiger partial charge in [0.25, 0.3) is 0 Å². The third-order valence-electron chi connectivity index (χ3n) is 3.60. The number of carboxylic acid groups (broad SMARTS) is 1. The van der Waals surface area contributed by atoms with E-state index in [1.165, 1.54) is 18.9 Å². The maximum absolute atomic E-state index is 11.2. The molecule has 1 aromatic heterocycles. The van der Waals surface area contributed by atoms with Crippen LogP contribution in [0.25, 0.3) is 0 Å². The molecule has 0 aliphatic rings. The van der Waals surface area contributed by atoms with Crippen molar-refractivity contribution in [3.8, 4) is 5.75 Å². The molecule has 5 heteroatoms. The average molecular weight is 314 g/mol. The van der Waals surface area contributed by atoms with Crippen LogP contribution < -0.4 is 10.1 Å². The van der Waals surface area contributed by atoms with Gasteiger partial charge in [0.1, 0.15) is 5.75 Å². The van der Waals surface area contributed by atoms with Crippen molar-refractivity contribution in [3.63, 3.8) is 0 Å². The van der Waals surface area contributed by atoms with E-state index in [0.29, 0.717) is 18.0 Å². The van der Waals surface area contributed by atoms with Crippen molar-refractivity contribution >= 4 is 11.7 Å². The molecule has 0 saturated carbocycles. The van der Waals surface area contributed by atoms with Crippen LogP contribution in [0.2, 0.25) is 0 Å². The number of benzene rings is 1. The summed E-state index contributed by atoms with van der Waals surface area (Å²) < 4.78 is 5.10. The Morgan fingerprint density at radius 2 is 1.91 bits per heavy atom. The van der Waals surface area contributed by atoms with Crippen molar-refractivity contribution in [1.82, 2.24) is 4.98 Å². The number of hydrogen-bond acceptors (Lipinski definition) is 4. The Labute approximate surface area is 136 Å². The summed E-state index contributed by atoms with van der Waals surface area (Å²) in [6, 6.07) is 9.92. The zero-order valence-electron chi connectivity index (χ0n) is 13.9. The Morgan fingerprint density at radius 3 is 2.43 bits per heavy atom. The van der Waals surface area contributed by atoms with E-state index in [9.17, 15) is 9.90 Å². The molecule has 122 valence electrons. The lowest BCUT2D eigenvalue weighted by molar-refractivity contribution is 0.0691. The molecule has 0 radical (unpaired) electrons. The molecule has 0 aliphatic heterocycles. The van der Waals surface area contributed by atoms with Gasteiger partial charge >= 0.3 is 5.97 Å².